The second kappa shape index (κ2) is 7.13. The lowest BCUT2D eigenvalue weighted by Crippen LogP contribution is -2.28. The van der Waals surface area contributed by atoms with Crippen LogP contribution in [0.25, 0.3) is 0 Å². The molecule has 0 saturated heterocycles. The van der Waals surface area contributed by atoms with Crippen molar-refractivity contribution in [3.63, 3.8) is 0 Å². The second-order valence-electron chi connectivity index (χ2n) is 4.74. The highest BCUT2D eigenvalue weighted by molar-refractivity contribution is 5.97. The van der Waals surface area contributed by atoms with Gasteiger partial charge in [-0.3, -0.25) is 4.79 Å². The fraction of sp³-hybridized carbons (Fsp3) is 0.188. The van der Waals surface area contributed by atoms with E-state index in [1.165, 1.54) is 37.3 Å². The SMILES string of the molecule is CC(NC(=O)c1ccccc1OC(F)F)c1ccc(F)cc1F. The molecule has 2 aromatic rings. The molecule has 0 heterocycles. The summed E-state index contributed by atoms with van der Waals surface area (Å²) in [7, 11) is 0. The van der Waals surface area contributed by atoms with Gasteiger partial charge in [0, 0.05) is 11.6 Å². The lowest BCUT2D eigenvalue weighted by atomic mass is 10.1. The van der Waals surface area contributed by atoms with E-state index in [4.69, 9.17) is 0 Å². The van der Waals surface area contributed by atoms with Gasteiger partial charge in [0.05, 0.1) is 11.6 Å². The zero-order chi connectivity index (χ0) is 17.0. The molecule has 0 saturated carbocycles. The van der Waals surface area contributed by atoms with Crippen LogP contribution in [0.15, 0.2) is 42.5 Å². The fourth-order valence-electron chi connectivity index (χ4n) is 2.06. The van der Waals surface area contributed by atoms with Gasteiger partial charge in [0.1, 0.15) is 17.4 Å². The normalized spacial score (nSPS) is 12.1. The number of ether oxygens (including phenoxy) is 1. The number of hydrogen-bond acceptors (Lipinski definition) is 2. The highest BCUT2D eigenvalue weighted by Crippen LogP contribution is 2.22. The zero-order valence-corrected chi connectivity index (χ0v) is 12.0. The maximum absolute atomic E-state index is 13.7. The Bertz CT molecular complexity index is 706. The Morgan fingerprint density at radius 2 is 1.83 bits per heavy atom. The summed E-state index contributed by atoms with van der Waals surface area (Å²) < 4.78 is 55.5. The topological polar surface area (TPSA) is 38.3 Å². The molecular formula is C16H13F4NO2. The minimum absolute atomic E-state index is 0.0759. The Morgan fingerprint density at radius 3 is 2.48 bits per heavy atom. The van der Waals surface area contributed by atoms with Crippen molar-refractivity contribution in [2.75, 3.05) is 0 Å². The molecule has 0 aliphatic heterocycles. The van der Waals surface area contributed by atoms with E-state index in [2.05, 4.69) is 10.1 Å². The van der Waals surface area contributed by atoms with Gasteiger partial charge in [-0.25, -0.2) is 8.78 Å². The number of rotatable bonds is 5. The Morgan fingerprint density at radius 1 is 1.13 bits per heavy atom. The van der Waals surface area contributed by atoms with Crippen molar-refractivity contribution in [3.8, 4) is 5.75 Å². The van der Waals surface area contributed by atoms with Crippen LogP contribution < -0.4 is 10.1 Å². The summed E-state index contributed by atoms with van der Waals surface area (Å²) in [6.45, 7) is -1.58. The Kier molecular flexibility index (Phi) is 5.20. The van der Waals surface area contributed by atoms with Crippen molar-refractivity contribution in [3.05, 3.63) is 65.2 Å². The lowest BCUT2D eigenvalue weighted by Gasteiger charge is -2.16. The van der Waals surface area contributed by atoms with E-state index in [-0.39, 0.29) is 16.9 Å². The molecule has 2 rings (SSSR count). The predicted molar refractivity (Wildman–Crippen MR) is 75.3 cm³/mol. The number of para-hydroxylation sites is 1. The molecule has 0 radical (unpaired) electrons. The molecule has 1 unspecified atom stereocenters. The van der Waals surface area contributed by atoms with E-state index >= 15 is 0 Å². The molecule has 3 nitrogen and oxygen atoms in total. The van der Waals surface area contributed by atoms with Crippen molar-refractivity contribution in [1.29, 1.82) is 0 Å². The Labute approximate surface area is 129 Å². The lowest BCUT2D eigenvalue weighted by molar-refractivity contribution is -0.0501. The fourth-order valence-corrected chi connectivity index (χ4v) is 2.06. The van der Waals surface area contributed by atoms with Gasteiger partial charge in [0.25, 0.3) is 5.91 Å². The van der Waals surface area contributed by atoms with Crippen LogP contribution in [0.5, 0.6) is 5.75 Å². The van der Waals surface area contributed by atoms with Crippen LogP contribution in [0, 0.1) is 11.6 Å². The molecule has 7 heteroatoms. The molecular weight excluding hydrogens is 314 g/mol. The third kappa shape index (κ3) is 4.21. The van der Waals surface area contributed by atoms with Gasteiger partial charge in [-0.05, 0) is 25.1 Å². The first kappa shape index (κ1) is 16.8. The van der Waals surface area contributed by atoms with Gasteiger partial charge in [-0.2, -0.15) is 8.78 Å². The van der Waals surface area contributed by atoms with Crippen molar-refractivity contribution in [2.45, 2.75) is 19.6 Å². The van der Waals surface area contributed by atoms with E-state index in [1.54, 1.807) is 0 Å². The summed E-state index contributed by atoms with van der Waals surface area (Å²) in [4.78, 5) is 12.2. The monoisotopic (exact) mass is 327 g/mol. The average molecular weight is 327 g/mol. The molecule has 122 valence electrons. The molecule has 0 bridgehead atoms. The van der Waals surface area contributed by atoms with E-state index in [1.807, 2.05) is 0 Å². The number of amides is 1. The van der Waals surface area contributed by atoms with Crippen LogP contribution in [-0.2, 0) is 0 Å². The summed E-state index contributed by atoms with van der Waals surface area (Å²) in [6, 6.07) is 7.64. The molecule has 0 fully saturated rings. The third-order valence-electron chi connectivity index (χ3n) is 3.12. The highest BCUT2D eigenvalue weighted by Gasteiger charge is 2.19. The molecule has 0 spiro atoms. The molecule has 0 aromatic heterocycles. The van der Waals surface area contributed by atoms with Gasteiger partial charge in [-0.1, -0.05) is 18.2 Å². The van der Waals surface area contributed by atoms with Crippen molar-refractivity contribution in [1.82, 2.24) is 5.32 Å². The molecule has 2 aromatic carbocycles. The Hall–Kier alpha value is -2.57. The number of hydrogen-bond donors (Lipinski definition) is 1. The van der Waals surface area contributed by atoms with Gasteiger partial charge in [0.2, 0.25) is 0 Å². The van der Waals surface area contributed by atoms with Gasteiger partial charge < -0.3 is 10.1 Å². The van der Waals surface area contributed by atoms with Gasteiger partial charge in [0.15, 0.2) is 0 Å². The number of halogens is 4. The molecule has 1 N–H and O–H groups in total. The quantitative estimate of drug-likeness (QED) is 0.841. The first-order chi connectivity index (χ1) is 10.9. The van der Waals surface area contributed by atoms with Crippen LogP contribution in [-0.4, -0.2) is 12.5 Å². The van der Waals surface area contributed by atoms with Crippen molar-refractivity contribution < 1.29 is 27.1 Å². The van der Waals surface area contributed by atoms with Crippen LogP contribution in [0.4, 0.5) is 17.6 Å². The maximum Gasteiger partial charge on any atom is 0.387 e. The molecule has 23 heavy (non-hydrogen) atoms. The van der Waals surface area contributed by atoms with Crippen LogP contribution in [0.2, 0.25) is 0 Å². The number of carbonyl (C=O) groups excluding carboxylic acids is 1. The highest BCUT2D eigenvalue weighted by atomic mass is 19.3. The summed E-state index contributed by atoms with van der Waals surface area (Å²) in [5.41, 5.74) is -0.0332. The minimum atomic E-state index is -3.07. The molecule has 1 atom stereocenters. The van der Waals surface area contributed by atoms with Crippen LogP contribution in [0.1, 0.15) is 28.9 Å². The number of alkyl halides is 2. The largest absolute Gasteiger partial charge is 0.434 e. The van der Waals surface area contributed by atoms with E-state index in [0.29, 0.717) is 6.07 Å². The van der Waals surface area contributed by atoms with Crippen molar-refractivity contribution >= 4 is 5.91 Å². The number of carbonyl (C=O) groups is 1. The van der Waals surface area contributed by atoms with Gasteiger partial charge >= 0.3 is 6.61 Å². The second-order valence-corrected chi connectivity index (χ2v) is 4.74. The minimum Gasteiger partial charge on any atom is -0.434 e. The molecule has 0 aliphatic rings. The van der Waals surface area contributed by atoms with Gasteiger partial charge in [-0.15, -0.1) is 0 Å². The number of benzene rings is 2. The predicted octanol–water partition coefficient (Wildman–Crippen LogP) is 4.06. The summed E-state index contributed by atoms with van der Waals surface area (Å²) in [5, 5.41) is 2.46. The van der Waals surface area contributed by atoms with E-state index < -0.39 is 30.2 Å². The summed E-state index contributed by atoms with van der Waals surface area (Å²) >= 11 is 0. The smallest absolute Gasteiger partial charge is 0.387 e. The third-order valence-corrected chi connectivity index (χ3v) is 3.12. The summed E-state index contributed by atoms with van der Waals surface area (Å²) in [5.74, 6) is -2.54. The summed E-state index contributed by atoms with van der Waals surface area (Å²) in [6.07, 6.45) is 0. The standard InChI is InChI=1S/C16H13F4NO2/c1-9(11-7-6-10(17)8-13(11)18)21-15(22)12-4-2-3-5-14(12)23-16(19)20/h2-9,16H,1H3,(H,21,22). The van der Waals surface area contributed by atoms with E-state index in [9.17, 15) is 22.4 Å². The van der Waals surface area contributed by atoms with Crippen LogP contribution in [0.3, 0.4) is 0 Å². The average Bonchev–Trinajstić information content (AvgIpc) is 2.46. The zero-order valence-electron chi connectivity index (χ0n) is 12.0. The first-order valence-corrected chi connectivity index (χ1v) is 6.68. The van der Waals surface area contributed by atoms with Crippen LogP contribution >= 0.6 is 0 Å². The number of nitrogens with one attached hydrogen (secondary N) is 1. The van der Waals surface area contributed by atoms with Crippen molar-refractivity contribution in [2.24, 2.45) is 0 Å². The first-order valence-electron chi connectivity index (χ1n) is 6.68. The maximum atomic E-state index is 13.7. The molecule has 1 amide bonds. The molecule has 0 aliphatic carbocycles. The van der Waals surface area contributed by atoms with E-state index in [0.717, 1.165) is 6.07 Å². The Balaban J connectivity index is 2.18.